The van der Waals surface area contributed by atoms with Crippen molar-refractivity contribution in [2.75, 3.05) is 32.7 Å². The highest BCUT2D eigenvalue weighted by Gasteiger charge is 2.25. The minimum Gasteiger partial charge on any atom is -0.392 e. The Labute approximate surface area is 134 Å². The molecule has 118 valence electrons. The van der Waals surface area contributed by atoms with Crippen LogP contribution in [0.25, 0.3) is 10.9 Å². The molecule has 2 aromatic rings. The number of hydrogen-bond acceptors (Lipinski definition) is 3. The third kappa shape index (κ3) is 2.97. The van der Waals surface area contributed by atoms with Gasteiger partial charge in [0.1, 0.15) is 5.69 Å². The minimum atomic E-state index is -0.342. The van der Waals surface area contributed by atoms with Crippen LogP contribution in [0, 0.1) is 0 Å². The minimum absolute atomic E-state index is 0.0575. The second kappa shape index (κ2) is 6.28. The number of halogens is 1. The zero-order valence-electron chi connectivity index (χ0n) is 12.6. The monoisotopic (exact) mass is 321 g/mol. The number of hydrogen-bond donors (Lipinski definition) is 2. The number of aliphatic hydroxyl groups is 1. The highest BCUT2D eigenvalue weighted by Crippen LogP contribution is 2.28. The van der Waals surface area contributed by atoms with Gasteiger partial charge in [0.2, 0.25) is 0 Å². The molecule has 6 heteroatoms. The average Bonchev–Trinajstić information content (AvgIpc) is 2.84. The Morgan fingerprint density at radius 1 is 1.32 bits per heavy atom. The van der Waals surface area contributed by atoms with E-state index in [4.69, 9.17) is 11.6 Å². The fraction of sp³-hybridized carbons (Fsp3) is 0.438. The number of fused-ring (bicyclic) bond motifs is 1. The Morgan fingerprint density at radius 2 is 2.00 bits per heavy atom. The van der Waals surface area contributed by atoms with Gasteiger partial charge in [-0.15, -0.1) is 0 Å². The molecule has 3 rings (SSSR count). The number of H-pyrrole nitrogens is 1. The van der Waals surface area contributed by atoms with Crippen LogP contribution < -0.4 is 0 Å². The highest BCUT2D eigenvalue weighted by atomic mass is 35.5. The maximum atomic E-state index is 12.7. The Kier molecular flexibility index (Phi) is 4.38. The molecule has 22 heavy (non-hydrogen) atoms. The van der Waals surface area contributed by atoms with Crippen molar-refractivity contribution in [2.45, 2.75) is 13.0 Å². The van der Waals surface area contributed by atoms with Crippen molar-refractivity contribution in [1.82, 2.24) is 14.8 Å². The number of nitrogens with zero attached hydrogens (tertiary/aromatic N) is 2. The summed E-state index contributed by atoms with van der Waals surface area (Å²) < 4.78 is 0. The summed E-state index contributed by atoms with van der Waals surface area (Å²) in [5.74, 6) is -0.0575. The van der Waals surface area contributed by atoms with Gasteiger partial charge in [0.15, 0.2) is 0 Å². The van der Waals surface area contributed by atoms with Gasteiger partial charge in [-0.1, -0.05) is 29.8 Å². The first-order chi connectivity index (χ1) is 10.6. The summed E-state index contributed by atoms with van der Waals surface area (Å²) >= 11 is 6.35. The Bertz CT molecular complexity index is 675. The van der Waals surface area contributed by atoms with E-state index in [2.05, 4.69) is 9.88 Å². The summed E-state index contributed by atoms with van der Waals surface area (Å²) in [6.07, 6.45) is -0.342. The smallest absolute Gasteiger partial charge is 0.271 e. The van der Waals surface area contributed by atoms with Gasteiger partial charge in [-0.05, 0) is 13.0 Å². The third-order valence-corrected chi connectivity index (χ3v) is 4.43. The molecule has 1 aromatic carbocycles. The van der Waals surface area contributed by atoms with Crippen molar-refractivity contribution < 1.29 is 9.90 Å². The molecule has 0 bridgehead atoms. The second-order valence-electron chi connectivity index (χ2n) is 5.80. The van der Waals surface area contributed by atoms with Crippen molar-refractivity contribution in [3.63, 3.8) is 0 Å². The first-order valence-corrected chi connectivity index (χ1v) is 7.90. The van der Waals surface area contributed by atoms with E-state index >= 15 is 0 Å². The lowest BCUT2D eigenvalue weighted by atomic mass is 10.2. The molecule has 5 nitrogen and oxygen atoms in total. The van der Waals surface area contributed by atoms with E-state index in [1.165, 1.54) is 0 Å². The van der Waals surface area contributed by atoms with Crippen LogP contribution in [0.2, 0.25) is 5.02 Å². The van der Waals surface area contributed by atoms with Gasteiger partial charge in [0.05, 0.1) is 11.1 Å². The van der Waals surface area contributed by atoms with Gasteiger partial charge in [0.25, 0.3) is 5.91 Å². The molecule has 1 fully saturated rings. The van der Waals surface area contributed by atoms with Gasteiger partial charge in [-0.2, -0.15) is 0 Å². The number of benzene rings is 1. The van der Waals surface area contributed by atoms with Crippen LogP contribution in [0.5, 0.6) is 0 Å². The molecule has 1 atom stereocenters. The molecular formula is C16H20ClN3O2. The number of carbonyl (C=O) groups is 1. The van der Waals surface area contributed by atoms with Crippen molar-refractivity contribution >= 4 is 28.4 Å². The van der Waals surface area contributed by atoms with Gasteiger partial charge >= 0.3 is 0 Å². The molecule has 0 saturated carbocycles. The molecule has 1 amide bonds. The fourth-order valence-corrected chi connectivity index (χ4v) is 3.21. The van der Waals surface area contributed by atoms with Crippen LogP contribution in [0.4, 0.5) is 0 Å². The van der Waals surface area contributed by atoms with Gasteiger partial charge < -0.3 is 15.0 Å². The van der Waals surface area contributed by atoms with E-state index in [1.54, 1.807) is 6.92 Å². The van der Waals surface area contributed by atoms with Crippen LogP contribution >= 0.6 is 11.6 Å². The van der Waals surface area contributed by atoms with Crippen molar-refractivity contribution in [3.8, 4) is 0 Å². The van der Waals surface area contributed by atoms with E-state index in [-0.39, 0.29) is 12.0 Å². The zero-order valence-corrected chi connectivity index (χ0v) is 13.3. The number of aliphatic hydroxyl groups excluding tert-OH is 1. The molecule has 0 spiro atoms. The maximum absolute atomic E-state index is 12.7. The number of para-hydroxylation sites is 1. The molecular weight excluding hydrogens is 302 g/mol. The lowest BCUT2D eigenvalue weighted by Crippen LogP contribution is -2.50. The van der Waals surface area contributed by atoms with E-state index in [0.29, 0.717) is 30.4 Å². The van der Waals surface area contributed by atoms with Crippen LogP contribution in [0.3, 0.4) is 0 Å². The largest absolute Gasteiger partial charge is 0.392 e. The van der Waals surface area contributed by atoms with Gasteiger partial charge in [-0.3, -0.25) is 9.69 Å². The first kappa shape index (κ1) is 15.3. The molecule has 0 aliphatic carbocycles. The summed E-state index contributed by atoms with van der Waals surface area (Å²) in [5, 5.41) is 10.8. The topological polar surface area (TPSA) is 59.6 Å². The van der Waals surface area contributed by atoms with Gasteiger partial charge in [-0.25, -0.2) is 0 Å². The lowest BCUT2D eigenvalue weighted by Gasteiger charge is -2.35. The number of piperazine rings is 1. The number of β-amino-alcohol motifs (C(OH)–C–C–N with tert-alkyl or cyclic N) is 1. The summed E-state index contributed by atoms with van der Waals surface area (Å²) in [4.78, 5) is 19.8. The zero-order chi connectivity index (χ0) is 15.7. The number of nitrogens with one attached hydrogen (secondary N) is 1. The molecule has 0 radical (unpaired) electrons. The average molecular weight is 322 g/mol. The summed E-state index contributed by atoms with van der Waals surface area (Å²) in [5.41, 5.74) is 1.34. The number of aromatic nitrogens is 1. The number of amides is 1. The van der Waals surface area contributed by atoms with Crippen LogP contribution in [-0.2, 0) is 0 Å². The standard InChI is InChI=1S/C16H20ClN3O2/c1-11(21)10-19-6-8-20(9-7-19)16(22)15-14(17)12-4-2-3-5-13(12)18-15/h2-5,11,18,21H,6-10H2,1H3. The number of rotatable bonds is 3. The molecule has 1 aromatic heterocycles. The quantitative estimate of drug-likeness (QED) is 0.908. The highest BCUT2D eigenvalue weighted by molar-refractivity contribution is 6.38. The third-order valence-electron chi connectivity index (χ3n) is 4.04. The predicted molar refractivity (Wildman–Crippen MR) is 87.3 cm³/mol. The summed E-state index contributed by atoms with van der Waals surface area (Å²) in [7, 11) is 0. The first-order valence-electron chi connectivity index (χ1n) is 7.52. The predicted octanol–water partition coefficient (Wildman–Crippen LogP) is 1.96. The molecule has 1 unspecified atom stereocenters. The molecule has 2 N–H and O–H groups in total. The number of carbonyl (C=O) groups excluding carboxylic acids is 1. The van der Waals surface area contributed by atoms with Crippen LogP contribution in [-0.4, -0.2) is 64.6 Å². The Morgan fingerprint density at radius 3 is 2.64 bits per heavy atom. The Hall–Kier alpha value is -1.56. The summed E-state index contributed by atoms with van der Waals surface area (Å²) in [6.45, 7) is 5.27. The maximum Gasteiger partial charge on any atom is 0.271 e. The van der Waals surface area contributed by atoms with Gasteiger partial charge in [0, 0.05) is 43.6 Å². The van der Waals surface area contributed by atoms with E-state index in [0.717, 1.165) is 24.0 Å². The van der Waals surface area contributed by atoms with Crippen LogP contribution in [0.1, 0.15) is 17.4 Å². The normalized spacial score (nSPS) is 17.9. The summed E-state index contributed by atoms with van der Waals surface area (Å²) in [6, 6.07) is 7.65. The van der Waals surface area contributed by atoms with Crippen molar-refractivity contribution in [1.29, 1.82) is 0 Å². The SMILES string of the molecule is CC(O)CN1CCN(C(=O)c2[nH]c3ccccc3c2Cl)CC1. The Balaban J connectivity index is 1.73. The van der Waals surface area contributed by atoms with Crippen molar-refractivity contribution in [3.05, 3.63) is 35.0 Å². The van der Waals surface area contributed by atoms with Crippen molar-refractivity contribution in [2.24, 2.45) is 0 Å². The van der Waals surface area contributed by atoms with E-state index in [1.807, 2.05) is 29.2 Å². The fourth-order valence-electron chi connectivity index (χ4n) is 2.92. The number of aromatic amines is 1. The van der Waals surface area contributed by atoms with E-state index < -0.39 is 0 Å². The molecule has 1 aliphatic rings. The molecule has 1 aliphatic heterocycles. The molecule has 1 saturated heterocycles. The van der Waals surface area contributed by atoms with E-state index in [9.17, 15) is 9.90 Å². The molecule has 2 heterocycles. The second-order valence-corrected chi connectivity index (χ2v) is 6.18. The lowest BCUT2D eigenvalue weighted by molar-refractivity contribution is 0.0550. The van der Waals surface area contributed by atoms with Crippen LogP contribution in [0.15, 0.2) is 24.3 Å².